The summed E-state index contributed by atoms with van der Waals surface area (Å²) in [5, 5.41) is 32.9. The van der Waals surface area contributed by atoms with Gasteiger partial charge in [-0.05, 0) is 13.0 Å². The summed E-state index contributed by atoms with van der Waals surface area (Å²) in [5.41, 5.74) is -1.12. The van der Waals surface area contributed by atoms with Crippen molar-refractivity contribution >= 4 is 28.8 Å². The summed E-state index contributed by atoms with van der Waals surface area (Å²) in [7, 11) is 0. The molecule has 9 nitrogen and oxygen atoms in total. The maximum absolute atomic E-state index is 13.9. The Labute approximate surface area is 140 Å². The van der Waals surface area contributed by atoms with Crippen LogP contribution in [0.4, 0.5) is 10.2 Å². The molecule has 4 atom stereocenters. The number of rotatable bonds is 2. The third-order valence-electron chi connectivity index (χ3n) is 4.56. The zero-order chi connectivity index (χ0) is 17.9. The summed E-state index contributed by atoms with van der Waals surface area (Å²) >= 11 is 0. The highest BCUT2D eigenvalue weighted by Crippen LogP contribution is 2.41. The fourth-order valence-corrected chi connectivity index (χ4v) is 3.26. The van der Waals surface area contributed by atoms with Crippen molar-refractivity contribution in [1.29, 1.82) is 0 Å². The second-order valence-electron chi connectivity index (χ2n) is 6.24. The van der Waals surface area contributed by atoms with Crippen LogP contribution in [0.5, 0.6) is 0 Å². The Balaban J connectivity index is 1.92. The minimum Gasteiger partial charge on any atom is -0.394 e. The molecule has 0 aliphatic carbocycles. The van der Waals surface area contributed by atoms with Crippen LogP contribution in [-0.2, 0) is 9.53 Å². The minimum atomic E-state index is -1.72. The smallest absolute Gasteiger partial charge is 0.285 e. The van der Waals surface area contributed by atoms with Gasteiger partial charge in [-0.1, -0.05) is 0 Å². The summed E-state index contributed by atoms with van der Waals surface area (Å²) in [4.78, 5) is 19.7. The SMILES string of the molecule is CC1(O)[C@H](O)[C@@H](CO)O[C@H]1n1cc2c3c(ncnc31)NC(=O)C(F)=C2. The van der Waals surface area contributed by atoms with E-state index in [1.807, 2.05) is 0 Å². The van der Waals surface area contributed by atoms with Gasteiger partial charge < -0.3 is 29.9 Å². The summed E-state index contributed by atoms with van der Waals surface area (Å²) in [6, 6.07) is 0. The molecule has 132 valence electrons. The summed E-state index contributed by atoms with van der Waals surface area (Å²) in [5.74, 6) is -1.78. The van der Waals surface area contributed by atoms with Crippen LogP contribution in [-0.4, -0.2) is 60.2 Å². The van der Waals surface area contributed by atoms with Gasteiger partial charge in [0.05, 0.1) is 12.0 Å². The van der Waals surface area contributed by atoms with Gasteiger partial charge >= 0.3 is 0 Å². The molecule has 4 rings (SSSR count). The molecule has 1 unspecified atom stereocenters. The fraction of sp³-hybridized carbons (Fsp3) is 0.400. The Morgan fingerprint density at radius 2 is 2.24 bits per heavy atom. The number of hydrogen-bond donors (Lipinski definition) is 4. The van der Waals surface area contributed by atoms with Crippen molar-refractivity contribution in [2.75, 3.05) is 11.9 Å². The van der Waals surface area contributed by atoms with Gasteiger partial charge in [-0.2, -0.15) is 0 Å². The Bertz CT molecular complexity index is 909. The number of aliphatic hydroxyl groups is 3. The van der Waals surface area contributed by atoms with Crippen molar-refractivity contribution in [3.63, 3.8) is 0 Å². The maximum Gasteiger partial charge on any atom is 0.285 e. The minimum absolute atomic E-state index is 0.129. The molecule has 1 amide bonds. The van der Waals surface area contributed by atoms with Crippen molar-refractivity contribution < 1.29 is 29.2 Å². The van der Waals surface area contributed by atoms with Crippen LogP contribution in [0.2, 0.25) is 0 Å². The van der Waals surface area contributed by atoms with Gasteiger partial charge in [-0.25, -0.2) is 14.4 Å². The van der Waals surface area contributed by atoms with Gasteiger partial charge in [0.25, 0.3) is 5.91 Å². The van der Waals surface area contributed by atoms with E-state index in [4.69, 9.17) is 4.74 Å². The summed E-state index contributed by atoms with van der Waals surface area (Å²) in [6.45, 7) is 0.889. The fourth-order valence-electron chi connectivity index (χ4n) is 3.26. The van der Waals surface area contributed by atoms with Crippen LogP contribution in [0.15, 0.2) is 18.4 Å². The van der Waals surface area contributed by atoms with Gasteiger partial charge in [0, 0.05) is 11.8 Å². The van der Waals surface area contributed by atoms with E-state index in [-0.39, 0.29) is 11.5 Å². The first kappa shape index (κ1) is 16.1. The van der Waals surface area contributed by atoms with E-state index in [9.17, 15) is 24.5 Å². The van der Waals surface area contributed by atoms with Gasteiger partial charge in [-0.3, -0.25) is 4.79 Å². The Kier molecular flexibility index (Phi) is 3.41. The highest BCUT2D eigenvalue weighted by Gasteiger charge is 2.53. The van der Waals surface area contributed by atoms with Gasteiger partial charge in [0.1, 0.15) is 35.6 Å². The highest BCUT2D eigenvalue weighted by atomic mass is 19.1. The van der Waals surface area contributed by atoms with Crippen LogP contribution in [0.25, 0.3) is 17.1 Å². The lowest BCUT2D eigenvalue weighted by atomic mass is 9.96. The molecule has 10 heteroatoms. The molecule has 0 radical (unpaired) electrons. The van der Waals surface area contributed by atoms with Crippen molar-refractivity contribution in [3.8, 4) is 0 Å². The van der Waals surface area contributed by atoms with Crippen molar-refractivity contribution in [2.45, 2.75) is 31.0 Å². The molecule has 2 aliphatic heterocycles. The molecular weight excluding hydrogens is 335 g/mol. The molecule has 1 fully saturated rings. The van der Waals surface area contributed by atoms with E-state index in [2.05, 4.69) is 15.3 Å². The first-order valence-corrected chi connectivity index (χ1v) is 7.55. The predicted octanol–water partition coefficient (Wildman–Crippen LogP) is -0.305. The average Bonchev–Trinajstić information content (AvgIpc) is 2.99. The molecule has 0 spiro atoms. The molecule has 1 saturated heterocycles. The molecule has 2 aromatic rings. The van der Waals surface area contributed by atoms with Gasteiger partial charge in [-0.15, -0.1) is 0 Å². The number of carbonyl (C=O) groups excluding carboxylic acids is 1. The van der Waals surface area contributed by atoms with E-state index in [1.54, 1.807) is 0 Å². The highest BCUT2D eigenvalue weighted by molar-refractivity contribution is 6.13. The largest absolute Gasteiger partial charge is 0.394 e. The number of nitrogens with zero attached hydrogens (tertiary/aromatic N) is 3. The standard InChI is InChI=1S/C15H15FN4O5/c1-15(24)10(22)8(4-21)25-14(15)20-3-6-2-7(16)13(23)19-11-9(6)12(20)18-5-17-11/h2-3,5,8,10,14,21-22,24H,4H2,1H3,(H,17,18,19,23)/t8-,10-,14-,15?/m1/s1. The molecule has 0 aromatic carbocycles. The van der Waals surface area contributed by atoms with Crippen LogP contribution < -0.4 is 5.32 Å². The molecule has 2 aromatic heterocycles. The Morgan fingerprint density at radius 1 is 1.48 bits per heavy atom. The number of ether oxygens (including phenoxy) is 1. The van der Waals surface area contributed by atoms with Crippen LogP contribution in [0, 0.1) is 0 Å². The number of aliphatic hydroxyl groups excluding tert-OH is 2. The molecule has 0 bridgehead atoms. The van der Waals surface area contributed by atoms with Crippen LogP contribution >= 0.6 is 0 Å². The van der Waals surface area contributed by atoms with Gasteiger partial charge in [0.15, 0.2) is 12.1 Å². The molecular formula is C15H15FN4O5. The maximum atomic E-state index is 13.9. The second-order valence-corrected chi connectivity index (χ2v) is 6.24. The zero-order valence-electron chi connectivity index (χ0n) is 13.0. The molecule has 4 N–H and O–H groups in total. The average molecular weight is 350 g/mol. The third kappa shape index (κ3) is 2.19. The lowest BCUT2D eigenvalue weighted by Crippen LogP contribution is -2.44. The Morgan fingerprint density at radius 3 is 2.92 bits per heavy atom. The predicted molar refractivity (Wildman–Crippen MR) is 82.9 cm³/mol. The lowest BCUT2D eigenvalue weighted by molar-refractivity contribution is -0.114. The first-order valence-electron chi connectivity index (χ1n) is 7.55. The van der Waals surface area contributed by atoms with Crippen molar-refractivity contribution in [2.24, 2.45) is 0 Å². The number of nitrogens with one attached hydrogen (secondary N) is 1. The number of hydrogen-bond acceptors (Lipinski definition) is 7. The van der Waals surface area contributed by atoms with E-state index in [0.29, 0.717) is 10.9 Å². The number of carbonyl (C=O) groups is 1. The molecule has 4 heterocycles. The molecule has 0 saturated carbocycles. The first-order chi connectivity index (χ1) is 11.8. The van der Waals surface area contributed by atoms with E-state index in [0.717, 1.165) is 6.08 Å². The van der Waals surface area contributed by atoms with Crippen molar-refractivity contribution in [3.05, 3.63) is 23.9 Å². The second kappa shape index (κ2) is 5.30. The van der Waals surface area contributed by atoms with Crippen LogP contribution in [0.3, 0.4) is 0 Å². The van der Waals surface area contributed by atoms with Crippen LogP contribution in [0.1, 0.15) is 18.7 Å². The molecule has 2 aliphatic rings. The Hall–Kier alpha value is -2.40. The van der Waals surface area contributed by atoms with E-state index in [1.165, 1.54) is 24.0 Å². The van der Waals surface area contributed by atoms with Crippen molar-refractivity contribution in [1.82, 2.24) is 14.5 Å². The number of anilines is 1. The normalized spacial score (nSPS) is 31.8. The third-order valence-corrected chi connectivity index (χ3v) is 4.56. The zero-order valence-corrected chi connectivity index (χ0v) is 13.0. The van der Waals surface area contributed by atoms with E-state index < -0.39 is 42.4 Å². The number of amides is 1. The number of halogens is 1. The topological polar surface area (TPSA) is 130 Å². The monoisotopic (exact) mass is 350 g/mol. The van der Waals surface area contributed by atoms with E-state index >= 15 is 0 Å². The lowest BCUT2D eigenvalue weighted by Gasteiger charge is -2.27. The number of aromatic nitrogens is 3. The summed E-state index contributed by atoms with van der Waals surface area (Å²) in [6.07, 6.45) is 0.286. The summed E-state index contributed by atoms with van der Waals surface area (Å²) < 4.78 is 20.9. The van der Waals surface area contributed by atoms with Gasteiger partial charge in [0.2, 0.25) is 0 Å². The quantitative estimate of drug-likeness (QED) is 0.585. The molecule has 25 heavy (non-hydrogen) atoms.